The largest absolute Gasteiger partial charge is 0.378 e. The summed E-state index contributed by atoms with van der Waals surface area (Å²) in [6, 6.07) is 0. The van der Waals surface area contributed by atoms with Crippen LogP contribution in [-0.2, 0) is 0 Å². The summed E-state index contributed by atoms with van der Waals surface area (Å²) in [4.78, 5) is 0. The lowest BCUT2D eigenvalue weighted by atomic mass is 9.43. The van der Waals surface area contributed by atoms with Crippen LogP contribution in [0.4, 0.5) is 0 Å². The van der Waals surface area contributed by atoms with Gasteiger partial charge >= 0.3 is 0 Å². The van der Waals surface area contributed by atoms with E-state index in [2.05, 4.69) is 25.7 Å². The maximum atomic E-state index is 11.1. The summed E-state index contributed by atoms with van der Waals surface area (Å²) < 4.78 is 0. The average Bonchev–Trinajstić information content (AvgIpc) is 2.88. The predicted molar refractivity (Wildman–Crippen MR) is 99.3 cm³/mol. The highest BCUT2D eigenvalue weighted by atomic mass is 16.3. The molecule has 4 rings (SSSR count). The molecule has 4 aliphatic carbocycles. The molecule has 0 radical (unpaired) electrons. The first-order chi connectivity index (χ1) is 11.7. The van der Waals surface area contributed by atoms with E-state index < -0.39 is 11.2 Å². The summed E-state index contributed by atoms with van der Waals surface area (Å²) in [5, 5.41) is 21.7. The Morgan fingerprint density at radius 2 is 1.56 bits per heavy atom. The second-order valence-electron chi connectivity index (χ2n) is 10.0. The first kappa shape index (κ1) is 17.5. The lowest BCUT2D eigenvalue weighted by Crippen LogP contribution is -2.57. The van der Waals surface area contributed by atoms with Gasteiger partial charge in [-0.15, -0.1) is 12.8 Å². The Balaban J connectivity index is 1.63. The molecule has 0 spiro atoms. The third-order valence-corrected chi connectivity index (χ3v) is 9.39. The van der Waals surface area contributed by atoms with Crippen LogP contribution >= 0.6 is 0 Å². The minimum atomic E-state index is -0.920. The van der Waals surface area contributed by atoms with E-state index in [4.69, 9.17) is 12.8 Å². The maximum absolute atomic E-state index is 11.1. The fourth-order valence-corrected chi connectivity index (χ4v) is 7.63. The Hall–Kier alpha value is -0.960. The molecule has 4 saturated carbocycles. The molecule has 0 heterocycles. The number of fused-ring (bicyclic) bond motifs is 5. The molecular weight excluding hydrogens is 308 g/mol. The minimum Gasteiger partial charge on any atom is -0.378 e. The van der Waals surface area contributed by atoms with Crippen molar-refractivity contribution in [1.29, 1.82) is 0 Å². The average molecular weight is 341 g/mol. The molecule has 0 aliphatic heterocycles. The molecule has 2 nitrogen and oxygen atoms in total. The minimum absolute atomic E-state index is 0.125. The van der Waals surface area contributed by atoms with E-state index in [1.165, 1.54) is 6.42 Å². The first-order valence-corrected chi connectivity index (χ1v) is 10.1. The summed E-state index contributed by atoms with van der Waals surface area (Å²) in [6.07, 6.45) is 20.3. The van der Waals surface area contributed by atoms with E-state index in [1.807, 2.05) is 0 Å². The van der Waals surface area contributed by atoms with Crippen molar-refractivity contribution in [2.24, 2.45) is 34.5 Å². The monoisotopic (exact) mass is 340 g/mol. The van der Waals surface area contributed by atoms with Gasteiger partial charge < -0.3 is 10.2 Å². The Morgan fingerprint density at radius 1 is 0.840 bits per heavy atom. The Bertz CT molecular complexity index is 656. The van der Waals surface area contributed by atoms with E-state index in [1.54, 1.807) is 0 Å². The molecule has 0 saturated heterocycles. The highest BCUT2D eigenvalue weighted by Gasteiger charge is 2.64. The molecule has 2 N–H and O–H groups in total. The molecule has 0 aromatic carbocycles. The lowest BCUT2D eigenvalue weighted by molar-refractivity contribution is -0.152. The van der Waals surface area contributed by atoms with Crippen molar-refractivity contribution < 1.29 is 10.2 Å². The number of rotatable bonds is 0. The van der Waals surface area contributed by atoms with Crippen LogP contribution in [0.5, 0.6) is 0 Å². The standard InChI is InChI=1S/C23H32O2/c1-5-22(24)14-13-20(3)16(15-22)7-8-17-18(20)9-11-21(4)19(17)10-12-23(21,25)6-2/h1-2,16-19,24-25H,7-15H2,3-4H3/t16-,17+,18-,19+,20+,21+,22+,23+/m0/s1. The SMILES string of the molecule is C#C[C@@]1(O)CC[C@]2(C)[C@@H](CC[C@H]3[C@H]4CC[C@](O)(C#C)[C@]4(C)CC[C@@H]32)C1. The van der Waals surface area contributed by atoms with Crippen LogP contribution < -0.4 is 0 Å². The van der Waals surface area contributed by atoms with Crippen molar-refractivity contribution in [3.8, 4) is 24.7 Å². The molecule has 4 fully saturated rings. The van der Waals surface area contributed by atoms with Crippen molar-refractivity contribution in [3.05, 3.63) is 0 Å². The van der Waals surface area contributed by atoms with Gasteiger partial charge in [-0.2, -0.15) is 0 Å². The third kappa shape index (κ3) is 2.14. The van der Waals surface area contributed by atoms with Crippen LogP contribution in [0, 0.1) is 59.2 Å². The molecule has 0 aromatic heterocycles. The fraction of sp³-hybridized carbons (Fsp3) is 0.826. The highest BCUT2D eigenvalue weighted by molar-refractivity contribution is 5.24. The predicted octanol–water partition coefficient (Wildman–Crippen LogP) is 3.76. The van der Waals surface area contributed by atoms with Crippen LogP contribution in [0.3, 0.4) is 0 Å². The van der Waals surface area contributed by atoms with Crippen molar-refractivity contribution in [3.63, 3.8) is 0 Å². The fourth-order valence-electron chi connectivity index (χ4n) is 7.63. The zero-order valence-corrected chi connectivity index (χ0v) is 15.7. The van der Waals surface area contributed by atoms with Crippen molar-refractivity contribution in [2.45, 2.75) is 82.8 Å². The molecule has 136 valence electrons. The van der Waals surface area contributed by atoms with Gasteiger partial charge in [-0.3, -0.25) is 0 Å². The van der Waals surface area contributed by atoms with E-state index in [0.29, 0.717) is 23.7 Å². The van der Waals surface area contributed by atoms with Crippen LogP contribution in [0.2, 0.25) is 0 Å². The van der Waals surface area contributed by atoms with Crippen LogP contribution in [0.25, 0.3) is 0 Å². The van der Waals surface area contributed by atoms with Gasteiger partial charge in [0.25, 0.3) is 0 Å². The number of terminal acetylenes is 2. The zero-order valence-electron chi connectivity index (χ0n) is 15.7. The van der Waals surface area contributed by atoms with E-state index in [-0.39, 0.29) is 10.8 Å². The van der Waals surface area contributed by atoms with Crippen LogP contribution in [-0.4, -0.2) is 21.4 Å². The molecule has 0 bridgehead atoms. The molecular formula is C23H32O2. The first-order valence-electron chi connectivity index (χ1n) is 10.1. The van der Waals surface area contributed by atoms with Gasteiger partial charge in [0.1, 0.15) is 11.2 Å². The van der Waals surface area contributed by atoms with Gasteiger partial charge in [0.2, 0.25) is 0 Å². The van der Waals surface area contributed by atoms with Crippen LogP contribution in [0.1, 0.15) is 71.6 Å². The van der Waals surface area contributed by atoms with Crippen LogP contribution in [0.15, 0.2) is 0 Å². The Morgan fingerprint density at radius 3 is 2.24 bits per heavy atom. The molecule has 2 heteroatoms. The smallest absolute Gasteiger partial charge is 0.130 e. The van der Waals surface area contributed by atoms with E-state index >= 15 is 0 Å². The molecule has 25 heavy (non-hydrogen) atoms. The number of hydrogen-bond donors (Lipinski definition) is 2. The Labute approximate surface area is 152 Å². The summed E-state index contributed by atoms with van der Waals surface area (Å²) in [6.45, 7) is 4.70. The van der Waals surface area contributed by atoms with Crippen molar-refractivity contribution >= 4 is 0 Å². The quantitative estimate of drug-likeness (QED) is 0.659. The molecule has 0 unspecified atom stereocenters. The normalized spacial score (nSPS) is 57.5. The van der Waals surface area contributed by atoms with Gasteiger partial charge in [-0.1, -0.05) is 25.7 Å². The lowest BCUT2D eigenvalue weighted by Gasteiger charge is -2.62. The van der Waals surface area contributed by atoms with Crippen molar-refractivity contribution in [1.82, 2.24) is 0 Å². The van der Waals surface area contributed by atoms with E-state index in [0.717, 1.165) is 51.4 Å². The summed E-state index contributed by atoms with van der Waals surface area (Å²) >= 11 is 0. The van der Waals surface area contributed by atoms with Crippen molar-refractivity contribution in [2.75, 3.05) is 0 Å². The summed E-state index contributed by atoms with van der Waals surface area (Å²) in [5.74, 6) is 7.85. The highest BCUT2D eigenvalue weighted by Crippen LogP contribution is 2.68. The molecule has 4 aliphatic rings. The van der Waals surface area contributed by atoms with Gasteiger partial charge in [0.05, 0.1) is 0 Å². The van der Waals surface area contributed by atoms with Gasteiger partial charge in [0, 0.05) is 5.41 Å². The van der Waals surface area contributed by atoms with E-state index in [9.17, 15) is 10.2 Å². The maximum Gasteiger partial charge on any atom is 0.130 e. The van der Waals surface area contributed by atoms with Gasteiger partial charge in [-0.25, -0.2) is 0 Å². The second-order valence-corrected chi connectivity index (χ2v) is 10.0. The number of hydrogen-bond acceptors (Lipinski definition) is 2. The molecule has 0 aromatic rings. The summed E-state index contributed by atoms with van der Waals surface area (Å²) in [5.41, 5.74) is -1.65. The summed E-state index contributed by atoms with van der Waals surface area (Å²) in [7, 11) is 0. The Kier molecular flexibility index (Phi) is 3.69. The zero-order chi connectivity index (χ0) is 18.1. The second kappa shape index (κ2) is 5.28. The van der Waals surface area contributed by atoms with Gasteiger partial charge in [-0.05, 0) is 86.9 Å². The number of aliphatic hydroxyl groups is 2. The topological polar surface area (TPSA) is 40.5 Å². The molecule has 8 atom stereocenters. The van der Waals surface area contributed by atoms with Gasteiger partial charge in [0.15, 0.2) is 0 Å². The third-order valence-electron chi connectivity index (χ3n) is 9.39. The molecule has 0 amide bonds.